The van der Waals surface area contributed by atoms with E-state index in [4.69, 9.17) is 16.3 Å². The lowest BCUT2D eigenvalue weighted by Crippen LogP contribution is -2.47. The van der Waals surface area contributed by atoms with Crippen molar-refractivity contribution in [1.82, 2.24) is 10.2 Å². The molecule has 0 saturated heterocycles. The van der Waals surface area contributed by atoms with E-state index in [1.54, 1.807) is 50.4 Å². The van der Waals surface area contributed by atoms with Crippen LogP contribution in [0.3, 0.4) is 0 Å². The number of hydrogen-bond acceptors (Lipinski definition) is 5. The highest BCUT2D eigenvalue weighted by molar-refractivity contribution is 7.92. The zero-order valence-electron chi connectivity index (χ0n) is 20.7. The second-order valence-electron chi connectivity index (χ2n) is 8.25. The molecule has 0 bridgehead atoms. The van der Waals surface area contributed by atoms with Crippen LogP contribution in [0.25, 0.3) is 0 Å². The standard InChI is InChI=1S/C25H34ClN3O5S/c1-5-16-27-25(31)19(2)28(18-20-8-14-23(34-3)15-9-20)24(30)7-6-17-29(35(4,32)33)22-12-10-21(26)11-13-22/h8-15,19H,5-7,16-18H2,1-4H3,(H,27,31). The van der Waals surface area contributed by atoms with Crippen molar-refractivity contribution in [2.24, 2.45) is 0 Å². The van der Waals surface area contributed by atoms with Crippen molar-refractivity contribution in [3.63, 3.8) is 0 Å². The number of carbonyl (C=O) groups is 2. The van der Waals surface area contributed by atoms with Crippen molar-refractivity contribution >= 4 is 39.1 Å². The van der Waals surface area contributed by atoms with Crippen molar-refractivity contribution in [1.29, 1.82) is 0 Å². The van der Waals surface area contributed by atoms with Gasteiger partial charge in [-0.2, -0.15) is 0 Å². The normalized spacial score (nSPS) is 12.0. The number of hydrogen-bond donors (Lipinski definition) is 1. The van der Waals surface area contributed by atoms with Gasteiger partial charge in [-0.15, -0.1) is 0 Å². The molecule has 10 heteroatoms. The van der Waals surface area contributed by atoms with Crippen LogP contribution in [0, 0.1) is 0 Å². The lowest BCUT2D eigenvalue weighted by Gasteiger charge is -2.29. The first kappa shape index (κ1) is 28.5. The number of anilines is 1. The average Bonchev–Trinajstić information content (AvgIpc) is 2.83. The van der Waals surface area contributed by atoms with Crippen LogP contribution in [0.15, 0.2) is 48.5 Å². The minimum atomic E-state index is -3.55. The van der Waals surface area contributed by atoms with E-state index in [0.29, 0.717) is 23.0 Å². The van der Waals surface area contributed by atoms with Crippen molar-refractivity contribution in [2.75, 3.05) is 30.8 Å². The van der Waals surface area contributed by atoms with Crippen LogP contribution in [0.4, 0.5) is 5.69 Å². The van der Waals surface area contributed by atoms with Gasteiger partial charge in [-0.3, -0.25) is 13.9 Å². The highest BCUT2D eigenvalue weighted by atomic mass is 35.5. The predicted octanol–water partition coefficient (Wildman–Crippen LogP) is 3.84. The Hall–Kier alpha value is -2.78. The summed E-state index contributed by atoms with van der Waals surface area (Å²) in [6.07, 6.45) is 2.29. The largest absolute Gasteiger partial charge is 0.497 e. The SMILES string of the molecule is CCCNC(=O)C(C)N(Cc1ccc(OC)cc1)C(=O)CCCN(c1ccc(Cl)cc1)S(C)(=O)=O. The molecule has 0 spiro atoms. The first-order valence-electron chi connectivity index (χ1n) is 11.5. The molecule has 0 radical (unpaired) electrons. The van der Waals surface area contributed by atoms with Gasteiger partial charge in [-0.25, -0.2) is 8.42 Å². The fraction of sp³-hybridized carbons (Fsp3) is 0.440. The first-order valence-corrected chi connectivity index (χ1v) is 13.7. The molecule has 2 amide bonds. The molecule has 0 aliphatic carbocycles. The number of carbonyl (C=O) groups excluding carboxylic acids is 2. The Morgan fingerprint density at radius 3 is 2.26 bits per heavy atom. The van der Waals surface area contributed by atoms with Crippen molar-refractivity contribution < 1.29 is 22.7 Å². The highest BCUT2D eigenvalue weighted by Crippen LogP contribution is 2.22. The Kier molecular flexibility index (Phi) is 10.9. The summed E-state index contributed by atoms with van der Waals surface area (Å²) < 4.78 is 31.1. The van der Waals surface area contributed by atoms with Gasteiger partial charge in [-0.05, 0) is 61.7 Å². The number of ether oxygens (including phenoxy) is 1. The number of nitrogens with one attached hydrogen (secondary N) is 1. The molecule has 1 unspecified atom stereocenters. The molecule has 0 aromatic heterocycles. The van der Waals surface area contributed by atoms with Gasteiger partial charge >= 0.3 is 0 Å². The average molecular weight is 524 g/mol. The molecule has 0 aliphatic heterocycles. The van der Waals surface area contributed by atoms with Gasteiger partial charge in [0.05, 0.1) is 19.1 Å². The maximum Gasteiger partial charge on any atom is 0.242 e. The second kappa shape index (κ2) is 13.3. The minimum absolute atomic E-state index is 0.0845. The van der Waals surface area contributed by atoms with E-state index in [1.807, 2.05) is 19.1 Å². The highest BCUT2D eigenvalue weighted by Gasteiger charge is 2.26. The van der Waals surface area contributed by atoms with Crippen molar-refractivity contribution in [3.8, 4) is 5.75 Å². The summed E-state index contributed by atoms with van der Waals surface area (Å²) in [6.45, 7) is 4.55. The van der Waals surface area contributed by atoms with Gasteiger partial charge < -0.3 is 15.0 Å². The Labute approximate surface area is 213 Å². The van der Waals surface area contributed by atoms with Crippen molar-refractivity contribution in [2.45, 2.75) is 45.7 Å². The van der Waals surface area contributed by atoms with Crippen LogP contribution in [-0.4, -0.2) is 57.6 Å². The lowest BCUT2D eigenvalue weighted by molar-refractivity contribution is -0.140. The molecule has 0 saturated carbocycles. The molecule has 35 heavy (non-hydrogen) atoms. The number of methoxy groups -OCH3 is 1. The van der Waals surface area contributed by atoms with E-state index in [-0.39, 0.29) is 37.7 Å². The van der Waals surface area contributed by atoms with Crippen molar-refractivity contribution in [3.05, 3.63) is 59.1 Å². The Bertz CT molecular complexity index is 1080. The Morgan fingerprint density at radius 2 is 1.71 bits per heavy atom. The second-order valence-corrected chi connectivity index (χ2v) is 10.6. The minimum Gasteiger partial charge on any atom is -0.497 e. The summed E-state index contributed by atoms with van der Waals surface area (Å²) in [7, 11) is -1.98. The van der Waals surface area contributed by atoms with Crippen LogP contribution in [0.1, 0.15) is 38.7 Å². The maximum atomic E-state index is 13.2. The summed E-state index contributed by atoms with van der Waals surface area (Å²) in [5.41, 5.74) is 1.33. The summed E-state index contributed by atoms with van der Waals surface area (Å²) in [6, 6.07) is 13.1. The smallest absolute Gasteiger partial charge is 0.242 e. The van der Waals surface area contributed by atoms with Crippen LogP contribution in [-0.2, 0) is 26.2 Å². The molecule has 2 rings (SSSR count). The third-order valence-electron chi connectivity index (χ3n) is 5.50. The molecule has 1 N–H and O–H groups in total. The number of nitrogens with zero attached hydrogens (tertiary/aromatic N) is 2. The topological polar surface area (TPSA) is 96.0 Å². The molecule has 0 fully saturated rings. The number of halogens is 1. The summed E-state index contributed by atoms with van der Waals surface area (Å²) in [5.74, 6) is 0.237. The third kappa shape index (κ3) is 8.74. The zero-order chi connectivity index (χ0) is 26.0. The zero-order valence-corrected chi connectivity index (χ0v) is 22.2. The number of sulfonamides is 1. The van der Waals surface area contributed by atoms with Crippen LogP contribution in [0.5, 0.6) is 5.75 Å². The van der Waals surface area contributed by atoms with E-state index in [0.717, 1.165) is 18.2 Å². The van der Waals surface area contributed by atoms with Crippen LogP contribution in [0.2, 0.25) is 5.02 Å². The van der Waals surface area contributed by atoms with Gasteiger partial charge in [0.15, 0.2) is 0 Å². The van der Waals surface area contributed by atoms with E-state index in [2.05, 4.69) is 5.32 Å². The van der Waals surface area contributed by atoms with E-state index in [9.17, 15) is 18.0 Å². The van der Waals surface area contributed by atoms with E-state index in [1.165, 1.54) is 9.21 Å². The molecule has 192 valence electrons. The van der Waals surface area contributed by atoms with E-state index < -0.39 is 16.1 Å². The number of benzene rings is 2. The monoisotopic (exact) mass is 523 g/mol. The predicted molar refractivity (Wildman–Crippen MR) is 139 cm³/mol. The summed E-state index contributed by atoms with van der Waals surface area (Å²) in [5, 5.41) is 3.34. The molecule has 8 nitrogen and oxygen atoms in total. The quantitative estimate of drug-likeness (QED) is 0.430. The molecule has 1 atom stereocenters. The molecular weight excluding hydrogens is 490 g/mol. The van der Waals surface area contributed by atoms with Gasteiger partial charge in [0.25, 0.3) is 0 Å². The number of rotatable bonds is 13. The van der Waals surface area contributed by atoms with Gasteiger partial charge in [0, 0.05) is 31.1 Å². The Balaban J connectivity index is 2.14. The molecular formula is C25H34ClN3O5S. The fourth-order valence-corrected chi connectivity index (χ4v) is 4.61. The summed E-state index contributed by atoms with van der Waals surface area (Å²) in [4.78, 5) is 27.4. The summed E-state index contributed by atoms with van der Waals surface area (Å²) >= 11 is 5.92. The first-order chi connectivity index (χ1) is 16.6. The fourth-order valence-electron chi connectivity index (χ4n) is 3.52. The third-order valence-corrected chi connectivity index (χ3v) is 6.94. The van der Waals surface area contributed by atoms with Crippen LogP contribution >= 0.6 is 11.6 Å². The number of amides is 2. The van der Waals surface area contributed by atoms with Gasteiger partial charge in [0.1, 0.15) is 11.8 Å². The van der Waals surface area contributed by atoms with E-state index >= 15 is 0 Å². The Morgan fingerprint density at radius 1 is 1.09 bits per heavy atom. The lowest BCUT2D eigenvalue weighted by atomic mass is 10.1. The maximum absolute atomic E-state index is 13.2. The molecule has 0 heterocycles. The van der Waals surface area contributed by atoms with Gasteiger partial charge in [-0.1, -0.05) is 30.7 Å². The molecule has 2 aromatic rings. The molecule has 2 aromatic carbocycles. The molecule has 0 aliphatic rings. The van der Waals surface area contributed by atoms with Gasteiger partial charge in [0.2, 0.25) is 21.8 Å². The van der Waals surface area contributed by atoms with Crippen LogP contribution < -0.4 is 14.4 Å².